The molecule has 0 radical (unpaired) electrons. The third-order valence-electron chi connectivity index (χ3n) is 6.39. The molecule has 166 valence electrons. The highest BCUT2D eigenvalue weighted by atomic mass is 16.5. The zero-order valence-corrected chi connectivity index (χ0v) is 19.0. The summed E-state index contributed by atoms with van der Waals surface area (Å²) in [5.41, 5.74) is 7.69. The molecular weight excluding hydrogens is 416 g/mol. The number of hydrogen-bond acceptors (Lipinski definition) is 7. The molecule has 0 spiro atoms. The monoisotopic (exact) mass is 440 g/mol. The molecule has 0 aliphatic carbocycles. The second-order valence-corrected chi connectivity index (χ2v) is 8.48. The van der Waals surface area contributed by atoms with Crippen molar-refractivity contribution in [3.05, 3.63) is 47.2 Å². The van der Waals surface area contributed by atoms with Gasteiger partial charge in [-0.25, -0.2) is 15.0 Å². The molecular formula is C25H24N6O2. The van der Waals surface area contributed by atoms with Crippen molar-refractivity contribution >= 4 is 27.8 Å². The van der Waals surface area contributed by atoms with E-state index in [1.165, 1.54) is 5.56 Å². The fraction of sp³-hybridized carbons (Fsp3) is 0.280. The maximum absolute atomic E-state index is 5.82. The maximum Gasteiger partial charge on any atom is 0.142 e. The Kier molecular flexibility index (Phi) is 4.36. The molecule has 1 aliphatic heterocycles. The number of aromatic amines is 1. The van der Waals surface area contributed by atoms with Crippen molar-refractivity contribution in [2.75, 3.05) is 19.0 Å². The molecule has 1 aromatic carbocycles. The standard InChI is InChI=1S/C25H24N6O2/c1-12-21(13(2)33-31-12)18-10-19-17(11-20(18)32-4)22-23(28-14(3)29-25(22)30-19)15-7-9-27-24-16(15)6-5-8-26-24/h7,9-11H,5-6,8H2,1-4H3,(H,26,27)(H,28,29,30). The predicted octanol–water partition coefficient (Wildman–Crippen LogP) is 5.12. The van der Waals surface area contributed by atoms with Gasteiger partial charge in [-0.2, -0.15) is 0 Å². The van der Waals surface area contributed by atoms with Crippen LogP contribution in [0.1, 0.15) is 29.3 Å². The lowest BCUT2D eigenvalue weighted by molar-refractivity contribution is 0.393. The van der Waals surface area contributed by atoms with Crippen molar-refractivity contribution in [1.29, 1.82) is 0 Å². The lowest BCUT2D eigenvalue weighted by Gasteiger charge is -2.20. The number of benzene rings is 1. The third kappa shape index (κ3) is 2.97. The molecule has 6 rings (SSSR count). The summed E-state index contributed by atoms with van der Waals surface area (Å²) in [6, 6.07) is 6.20. The van der Waals surface area contributed by atoms with E-state index >= 15 is 0 Å². The molecule has 0 bridgehead atoms. The van der Waals surface area contributed by atoms with Crippen LogP contribution in [-0.2, 0) is 6.42 Å². The van der Waals surface area contributed by atoms with E-state index in [0.717, 1.165) is 92.6 Å². The minimum Gasteiger partial charge on any atom is -0.496 e. The Morgan fingerprint density at radius 1 is 1.09 bits per heavy atom. The Labute approximate surface area is 190 Å². The molecule has 0 saturated heterocycles. The highest BCUT2D eigenvalue weighted by Crippen LogP contribution is 2.42. The Morgan fingerprint density at radius 2 is 1.97 bits per heavy atom. The van der Waals surface area contributed by atoms with Crippen molar-refractivity contribution < 1.29 is 9.26 Å². The van der Waals surface area contributed by atoms with Crippen LogP contribution in [0.3, 0.4) is 0 Å². The normalized spacial score (nSPS) is 13.3. The van der Waals surface area contributed by atoms with Crippen LogP contribution in [-0.4, -0.2) is 38.7 Å². The van der Waals surface area contributed by atoms with Gasteiger partial charge < -0.3 is 19.6 Å². The summed E-state index contributed by atoms with van der Waals surface area (Å²) in [6.45, 7) is 6.72. The van der Waals surface area contributed by atoms with Gasteiger partial charge in [0.25, 0.3) is 0 Å². The zero-order chi connectivity index (χ0) is 22.7. The SMILES string of the molecule is COc1cc2c(cc1-c1c(C)noc1C)[nH]c1nc(C)nc(-c3ccnc4c3CCCN4)c12. The van der Waals surface area contributed by atoms with Crippen LogP contribution in [0, 0.1) is 20.8 Å². The number of nitrogens with one attached hydrogen (secondary N) is 2. The molecule has 0 unspecified atom stereocenters. The van der Waals surface area contributed by atoms with Crippen LogP contribution in [0.5, 0.6) is 5.75 Å². The number of nitrogens with zero attached hydrogens (tertiary/aromatic N) is 4. The van der Waals surface area contributed by atoms with Crippen LogP contribution >= 0.6 is 0 Å². The minimum absolute atomic E-state index is 0.719. The fourth-order valence-electron chi connectivity index (χ4n) is 4.95. The summed E-state index contributed by atoms with van der Waals surface area (Å²) in [7, 11) is 1.68. The van der Waals surface area contributed by atoms with Crippen molar-refractivity contribution in [3.8, 4) is 28.1 Å². The highest BCUT2D eigenvalue weighted by molar-refractivity contribution is 6.14. The molecule has 0 atom stereocenters. The summed E-state index contributed by atoms with van der Waals surface area (Å²) in [5, 5.41) is 9.54. The van der Waals surface area contributed by atoms with E-state index in [-0.39, 0.29) is 0 Å². The first-order valence-electron chi connectivity index (χ1n) is 11.1. The topological polar surface area (TPSA) is 102 Å². The summed E-state index contributed by atoms with van der Waals surface area (Å²) in [4.78, 5) is 17.7. The smallest absolute Gasteiger partial charge is 0.142 e. The summed E-state index contributed by atoms with van der Waals surface area (Å²) < 4.78 is 11.2. The number of aryl methyl sites for hydroxylation is 3. The Hall–Kier alpha value is -3.94. The van der Waals surface area contributed by atoms with Gasteiger partial charge in [0, 0.05) is 40.3 Å². The molecule has 1 aliphatic rings. The van der Waals surface area contributed by atoms with Crippen LogP contribution < -0.4 is 10.1 Å². The van der Waals surface area contributed by atoms with Gasteiger partial charge in [0.1, 0.15) is 28.8 Å². The van der Waals surface area contributed by atoms with Crippen molar-refractivity contribution in [1.82, 2.24) is 25.1 Å². The van der Waals surface area contributed by atoms with Gasteiger partial charge in [-0.3, -0.25) is 0 Å². The Balaban J connectivity index is 1.67. The number of hydrogen-bond donors (Lipinski definition) is 2. The van der Waals surface area contributed by atoms with Crippen molar-refractivity contribution in [3.63, 3.8) is 0 Å². The van der Waals surface area contributed by atoms with Gasteiger partial charge in [0.05, 0.1) is 29.4 Å². The molecule has 8 nitrogen and oxygen atoms in total. The Morgan fingerprint density at radius 3 is 2.76 bits per heavy atom. The number of ether oxygens (including phenoxy) is 1. The maximum atomic E-state index is 5.82. The van der Waals surface area contributed by atoms with E-state index in [9.17, 15) is 0 Å². The first kappa shape index (κ1) is 19.7. The second kappa shape index (κ2) is 7.30. The number of rotatable bonds is 3. The van der Waals surface area contributed by atoms with E-state index in [2.05, 4.69) is 38.6 Å². The highest BCUT2D eigenvalue weighted by Gasteiger charge is 2.23. The van der Waals surface area contributed by atoms with Crippen LogP contribution in [0.2, 0.25) is 0 Å². The Bertz CT molecular complexity index is 1530. The van der Waals surface area contributed by atoms with Gasteiger partial charge in [0.2, 0.25) is 0 Å². The number of anilines is 1. The first-order chi connectivity index (χ1) is 16.0. The van der Waals surface area contributed by atoms with E-state index < -0.39 is 0 Å². The number of pyridine rings is 1. The van der Waals surface area contributed by atoms with E-state index in [1.807, 2.05) is 27.0 Å². The number of H-pyrrole nitrogens is 1. The quantitative estimate of drug-likeness (QED) is 0.401. The summed E-state index contributed by atoms with van der Waals surface area (Å²) >= 11 is 0. The molecule has 0 saturated carbocycles. The second-order valence-electron chi connectivity index (χ2n) is 8.48. The number of methoxy groups -OCH3 is 1. The van der Waals surface area contributed by atoms with Crippen LogP contribution in [0.4, 0.5) is 5.82 Å². The zero-order valence-electron chi connectivity index (χ0n) is 19.0. The van der Waals surface area contributed by atoms with E-state index in [1.54, 1.807) is 7.11 Å². The molecule has 0 fully saturated rings. The first-order valence-corrected chi connectivity index (χ1v) is 11.1. The van der Waals surface area contributed by atoms with Crippen molar-refractivity contribution in [2.45, 2.75) is 33.6 Å². The summed E-state index contributed by atoms with van der Waals surface area (Å²) in [6.07, 6.45) is 3.89. The molecule has 4 aromatic heterocycles. The molecule has 8 heteroatoms. The summed E-state index contributed by atoms with van der Waals surface area (Å²) in [5.74, 6) is 3.17. The molecule has 0 amide bonds. The van der Waals surface area contributed by atoms with E-state index in [4.69, 9.17) is 19.2 Å². The minimum atomic E-state index is 0.719. The third-order valence-corrected chi connectivity index (χ3v) is 6.39. The van der Waals surface area contributed by atoms with E-state index in [0.29, 0.717) is 0 Å². The average molecular weight is 441 g/mol. The van der Waals surface area contributed by atoms with Gasteiger partial charge in [-0.05, 0) is 51.8 Å². The van der Waals surface area contributed by atoms with Gasteiger partial charge in [0.15, 0.2) is 0 Å². The van der Waals surface area contributed by atoms with Crippen molar-refractivity contribution in [2.24, 2.45) is 0 Å². The molecule has 2 N–H and O–H groups in total. The fourth-order valence-corrected chi connectivity index (χ4v) is 4.95. The van der Waals surface area contributed by atoms with Crippen LogP contribution in [0.25, 0.3) is 44.3 Å². The molecule has 5 heterocycles. The van der Waals surface area contributed by atoms with Gasteiger partial charge in [-0.15, -0.1) is 0 Å². The lowest BCUT2D eigenvalue weighted by Crippen LogP contribution is -2.14. The lowest BCUT2D eigenvalue weighted by atomic mass is 9.96. The largest absolute Gasteiger partial charge is 0.496 e. The molecule has 33 heavy (non-hydrogen) atoms. The van der Waals surface area contributed by atoms with Gasteiger partial charge in [-0.1, -0.05) is 5.16 Å². The molecule has 5 aromatic rings. The number of fused-ring (bicyclic) bond motifs is 4. The van der Waals surface area contributed by atoms with Crippen LogP contribution in [0.15, 0.2) is 28.9 Å². The van der Waals surface area contributed by atoms with Gasteiger partial charge >= 0.3 is 0 Å². The number of aromatic nitrogens is 5. The predicted molar refractivity (Wildman–Crippen MR) is 128 cm³/mol. The average Bonchev–Trinajstić information content (AvgIpc) is 3.35.